The van der Waals surface area contributed by atoms with Crippen molar-refractivity contribution in [3.05, 3.63) is 178 Å². The number of halogens is 1. The minimum absolute atomic E-state index is 0.0297. The van der Waals surface area contributed by atoms with Crippen LogP contribution in [0.4, 0.5) is 4.39 Å². The first-order valence-corrected chi connectivity index (χ1v) is 40.2. The number of aromatic amines is 3. The van der Waals surface area contributed by atoms with Gasteiger partial charge in [0.25, 0.3) is 11.1 Å². The lowest BCUT2D eigenvalue weighted by Gasteiger charge is -2.28. The van der Waals surface area contributed by atoms with E-state index in [-0.39, 0.29) is 17.2 Å². The van der Waals surface area contributed by atoms with Crippen LogP contribution in [0.2, 0.25) is 0 Å². The molecule has 3 fully saturated rings. The molecule has 18 atom stereocenters. The van der Waals surface area contributed by atoms with Crippen molar-refractivity contribution >= 4 is 40.7 Å². The molecule has 0 aliphatic carbocycles. The van der Waals surface area contributed by atoms with E-state index in [4.69, 9.17) is 81.0 Å². The second-order valence-corrected chi connectivity index (χ2v) is 32.6. The van der Waals surface area contributed by atoms with Gasteiger partial charge in [-0.3, -0.25) is 61.6 Å². The van der Waals surface area contributed by atoms with Crippen LogP contribution in [-0.4, -0.2) is 182 Å². The molecular formula is C73H93FN11O27P3. The van der Waals surface area contributed by atoms with Crippen molar-refractivity contribution in [1.82, 2.24) is 38.9 Å². The van der Waals surface area contributed by atoms with E-state index < -0.39 is 227 Å². The Balaban J connectivity index is 0.000000250. The van der Waals surface area contributed by atoms with Gasteiger partial charge in [0.1, 0.15) is 66.4 Å². The first-order chi connectivity index (χ1) is 56.3. The molecule has 3 aliphatic heterocycles. The number of H-pyrrole nitrogens is 3. The number of carbonyl (C=O) groups excluding carboxylic acids is 3. The quantitative estimate of drug-likeness (QED) is 0.0135. The SMILES string of the molecule is [2H]C([2H])(O[P@@](=O)(C[C@@H](C)C(=O)OC(C)C)Oc1ccccc1)[C@H]1O[C@@H](n2cc(F)c(=O)[nH]c2=O)C(N)(C#CC)[C@H]1O.[2H]C([2H])(O[P@@](=O)(C[C@@H](C)C(=O)OC(C)C)Oc1ccccc1)[C@H]1O[C@@H](n2cnc(=O)[nH]c2=O)C(N)(C#CC)[C@H]1O.[2H]C([2H])(O[P@@](=O)(C[C@@H](C)C(=O)OC(C)C)Oc1ccccc1)[C@H]1O[C@@H](n2ncc(=O)[nH]c2=O)C(N)(C#CC)[C@H]1O. The van der Waals surface area contributed by atoms with E-state index in [0.717, 1.165) is 17.1 Å². The number of ether oxygens (including phenoxy) is 6. The normalized spacial score (nSPS) is 26.2. The Labute approximate surface area is 666 Å². The number of nitrogens with one attached hydrogen (secondary N) is 3. The average Bonchev–Trinajstić information content (AvgIpc) is 1.59. The van der Waals surface area contributed by atoms with E-state index in [1.165, 1.54) is 77.9 Å². The predicted octanol–water partition coefficient (Wildman–Crippen LogP) is 3.11. The second kappa shape index (κ2) is 40.2. The number of hydrogen-bond acceptors (Lipinski definition) is 32. The number of nitrogens with two attached hydrogens (primary N) is 3. The molecule has 3 aromatic carbocycles. The van der Waals surface area contributed by atoms with E-state index in [0.29, 0.717) is 15.4 Å². The smallest absolute Gasteiger partial charge is 0.380 e. The Morgan fingerprint density at radius 2 is 0.861 bits per heavy atom. The number of nitrogens with zero attached hydrogens (tertiary/aromatic N) is 5. The molecule has 3 aliphatic rings. The van der Waals surface area contributed by atoms with Gasteiger partial charge >= 0.3 is 63.5 Å². The van der Waals surface area contributed by atoms with Crippen LogP contribution < -0.4 is 64.6 Å². The lowest BCUT2D eigenvalue weighted by Crippen LogP contribution is -2.55. The molecule has 115 heavy (non-hydrogen) atoms. The molecule has 0 spiro atoms. The number of rotatable bonds is 30. The maximum absolute atomic E-state index is 14.1. The molecule has 0 saturated carbocycles. The summed E-state index contributed by atoms with van der Waals surface area (Å²) in [5.41, 5.74) is 6.12. The fourth-order valence-corrected chi connectivity index (χ4v) is 16.1. The van der Waals surface area contributed by atoms with Crippen molar-refractivity contribution in [2.45, 2.75) is 173 Å². The highest BCUT2D eigenvalue weighted by Crippen LogP contribution is 2.54. The van der Waals surface area contributed by atoms with Crippen LogP contribution in [0.3, 0.4) is 0 Å². The average molecular weight is 1670 g/mol. The summed E-state index contributed by atoms with van der Waals surface area (Å²) in [6.45, 7) is 8.78. The van der Waals surface area contributed by atoms with Gasteiger partial charge in [-0.25, -0.2) is 32.9 Å². The van der Waals surface area contributed by atoms with Gasteiger partial charge in [-0.1, -0.05) is 93.1 Å². The third-order valence-electron chi connectivity index (χ3n) is 16.2. The molecule has 6 aromatic rings. The van der Waals surface area contributed by atoms with E-state index in [1.807, 2.05) is 9.97 Å². The molecule has 38 nitrogen and oxygen atoms in total. The molecule has 0 radical (unpaired) electrons. The summed E-state index contributed by atoms with van der Waals surface area (Å²) in [5, 5.41) is 37.0. The lowest BCUT2D eigenvalue weighted by molar-refractivity contribution is -0.152. The van der Waals surface area contributed by atoms with Crippen molar-refractivity contribution in [2.75, 3.05) is 38.2 Å². The van der Waals surface area contributed by atoms with Crippen LogP contribution in [-0.2, 0) is 70.1 Å². The molecule has 6 heterocycles. The molecule has 0 bridgehead atoms. The zero-order valence-electron chi connectivity index (χ0n) is 70.0. The minimum Gasteiger partial charge on any atom is -0.463 e. The summed E-state index contributed by atoms with van der Waals surface area (Å²) >= 11 is 0. The van der Waals surface area contributed by atoms with E-state index in [2.05, 4.69) is 45.6 Å². The highest BCUT2D eigenvalue weighted by Gasteiger charge is 2.58. The summed E-state index contributed by atoms with van der Waals surface area (Å²) in [5.74, 6) is 8.35. The first-order valence-electron chi connectivity index (χ1n) is 38.1. The van der Waals surface area contributed by atoms with Gasteiger partial charge in [-0.15, -0.1) is 17.8 Å². The second-order valence-electron chi connectivity index (χ2n) is 26.8. The largest absolute Gasteiger partial charge is 0.463 e. The molecule has 12 N–H and O–H groups in total. The van der Waals surface area contributed by atoms with Gasteiger partial charge < -0.3 is 74.5 Å². The topological polar surface area (TPSA) is 542 Å². The molecule has 3 unspecified atom stereocenters. The molecule has 3 aromatic heterocycles. The maximum atomic E-state index is 14.1. The Morgan fingerprint density at radius 3 is 1.19 bits per heavy atom. The number of hydrogen-bond donors (Lipinski definition) is 9. The maximum Gasteiger partial charge on any atom is 0.380 e. The van der Waals surface area contributed by atoms with E-state index in [9.17, 15) is 76.6 Å². The van der Waals surface area contributed by atoms with Crippen LogP contribution in [0.5, 0.6) is 17.2 Å². The Morgan fingerprint density at radius 1 is 0.530 bits per heavy atom. The molecule has 0 amide bonds. The minimum atomic E-state index is -4.59. The van der Waals surface area contributed by atoms with Gasteiger partial charge in [0, 0.05) is 0 Å². The van der Waals surface area contributed by atoms with Gasteiger partial charge in [0.15, 0.2) is 35.3 Å². The summed E-state index contributed by atoms with van der Waals surface area (Å²) < 4.78 is 175. The van der Waals surface area contributed by atoms with Crippen molar-refractivity contribution in [3.8, 4) is 52.8 Å². The summed E-state index contributed by atoms with van der Waals surface area (Å²) in [6.07, 6.45) is -18.4. The standard InChI is InChI=1S/C25H31FN3O9P.2C24H31N4O9P/c1-5-11-25(27)20(30)19(37-23(25)29-12-18(26)21(31)28-24(29)33)13-35-39(34,38-17-9-7-6-8-10-17)14-16(4)22(32)36-15(2)3;1-5-11-24(25)20(30)18(36-22(24)28-23(32)27-19(29)12-26-28)13-34-38(33,37-17-9-7-6-8-10-17)14-16(4)21(31)35-15(2)3;1-5-11-24(25)19(29)18(36-21(24)28-14-26-22(31)27-23(28)32)12-34-38(33,37-17-9-7-6-8-10-17)13-16(4)20(30)35-15(2)3/h6-10,12,15-16,19-20,23,30H,13-14,27H2,1-4H3,(H,28,31,33);6-10,12,15-16,18,20,22,30H,13-14,25H2,1-4H3,(H,27,29,32);6-10,14-16,18-19,21,29H,12-13,25H2,1-4H3,(H,27,31,32)/t16-,19-,20+,23-,25?,39+;16-,18-,20+,22-,24?,38+;16-,18-,19+,21-,24?,38+/m111/s1/i2*13D2;12D2. The third-order valence-corrected chi connectivity index (χ3v) is 21.8. The number of aliphatic hydroxyl groups excluding tert-OH is 3. The fourth-order valence-electron chi connectivity index (χ4n) is 10.9. The monoisotopic (exact) mass is 1670 g/mol. The van der Waals surface area contributed by atoms with E-state index >= 15 is 0 Å². The molecular weight excluding hydrogens is 1570 g/mol. The van der Waals surface area contributed by atoms with Crippen molar-refractivity contribution in [3.63, 3.8) is 0 Å². The molecule has 3 saturated heterocycles. The zero-order valence-corrected chi connectivity index (χ0v) is 66.7. The van der Waals surface area contributed by atoms with E-state index in [1.54, 1.807) is 101 Å². The van der Waals surface area contributed by atoms with Crippen LogP contribution in [0.15, 0.2) is 138 Å². The Bertz CT molecular complexity index is 5200. The van der Waals surface area contributed by atoms with Crippen molar-refractivity contribution < 1.29 is 112 Å². The lowest BCUT2D eigenvalue weighted by atomic mass is 9.91. The summed E-state index contributed by atoms with van der Waals surface area (Å²) in [6, 6.07) is 23.1. The van der Waals surface area contributed by atoms with Gasteiger partial charge in [-0.2, -0.15) is 19.2 Å². The summed E-state index contributed by atoms with van der Waals surface area (Å²) in [7, 11) is -13.7. The van der Waals surface area contributed by atoms with Crippen LogP contribution in [0.25, 0.3) is 0 Å². The van der Waals surface area contributed by atoms with Gasteiger partial charge in [-0.05, 0) is 98.7 Å². The van der Waals surface area contributed by atoms with Crippen molar-refractivity contribution in [2.24, 2.45) is 35.0 Å². The van der Waals surface area contributed by atoms with Gasteiger partial charge in [0.05, 0.1) is 88.6 Å². The third kappa shape index (κ3) is 24.2. The molecule has 42 heteroatoms. The number of aliphatic hydroxyl groups is 3. The Kier molecular flexibility index (Phi) is 29.0. The Hall–Kier alpha value is -9.81. The van der Waals surface area contributed by atoms with Crippen molar-refractivity contribution in [1.29, 1.82) is 0 Å². The molecule has 624 valence electrons. The highest BCUT2D eigenvalue weighted by molar-refractivity contribution is 7.55. The first kappa shape index (κ1) is 83.1. The van der Waals surface area contributed by atoms with Gasteiger partial charge in [0.2, 0.25) is 5.82 Å². The number of aromatic nitrogens is 8. The fraction of sp³-hybridized carbons (Fsp3) is 0.493. The van der Waals surface area contributed by atoms with Crippen LogP contribution in [0, 0.1) is 59.1 Å². The number of para-hydroxylation sites is 3. The predicted molar refractivity (Wildman–Crippen MR) is 408 cm³/mol. The highest BCUT2D eigenvalue weighted by atomic mass is 31.2. The number of esters is 3. The number of benzene rings is 3. The van der Waals surface area contributed by atoms with Crippen LogP contribution in [0.1, 0.15) is 110 Å². The summed E-state index contributed by atoms with van der Waals surface area (Å²) in [4.78, 5) is 118. The van der Waals surface area contributed by atoms with Crippen LogP contribution >= 0.6 is 22.8 Å². The zero-order chi connectivity index (χ0) is 90.5. The number of carbonyl (C=O) groups is 3. The molecule has 9 rings (SSSR count).